The molecule has 0 aromatic rings. The van der Waals surface area contributed by atoms with E-state index in [0.717, 1.165) is 32.4 Å². The van der Waals surface area contributed by atoms with E-state index >= 15 is 0 Å². The van der Waals surface area contributed by atoms with Crippen LogP contribution in [0, 0.1) is 11.8 Å². The van der Waals surface area contributed by atoms with Gasteiger partial charge < -0.3 is 16.0 Å². The Bertz CT molecular complexity index is 315. The minimum absolute atomic E-state index is 0.0490. The molecule has 5 nitrogen and oxygen atoms in total. The number of amides is 2. The number of nitrogens with one attached hydrogen (secondary N) is 3. The van der Waals surface area contributed by atoms with E-state index in [9.17, 15) is 9.59 Å². The zero-order valence-corrected chi connectivity index (χ0v) is 11.0. The molecule has 1 aliphatic heterocycles. The molecule has 0 aromatic heterocycles. The van der Waals surface area contributed by atoms with Gasteiger partial charge in [-0.3, -0.25) is 9.59 Å². The molecule has 18 heavy (non-hydrogen) atoms. The van der Waals surface area contributed by atoms with E-state index in [4.69, 9.17) is 0 Å². The maximum absolute atomic E-state index is 11.9. The normalized spacial score (nSPS) is 27.6. The highest BCUT2D eigenvalue weighted by molar-refractivity contribution is 5.80. The summed E-state index contributed by atoms with van der Waals surface area (Å²) in [7, 11) is 0. The highest BCUT2D eigenvalue weighted by atomic mass is 16.2. The second-order valence-electron chi connectivity index (χ2n) is 5.58. The maximum atomic E-state index is 11.9. The number of hydrogen-bond acceptors (Lipinski definition) is 3. The third-order valence-electron chi connectivity index (χ3n) is 3.53. The number of carbonyl (C=O) groups is 2. The number of rotatable bonds is 5. The molecule has 2 fully saturated rings. The molecule has 5 heteroatoms. The van der Waals surface area contributed by atoms with Gasteiger partial charge in [-0.1, -0.05) is 6.92 Å². The number of hydrogen-bond donors (Lipinski definition) is 3. The Morgan fingerprint density at radius 1 is 1.28 bits per heavy atom. The molecule has 0 bridgehead atoms. The molecule has 1 saturated heterocycles. The molecule has 2 rings (SSSR count). The maximum Gasteiger partial charge on any atom is 0.224 e. The fraction of sp³-hybridized carbons (Fsp3) is 0.846. The van der Waals surface area contributed by atoms with Gasteiger partial charge in [0.25, 0.3) is 0 Å². The molecular weight excluding hydrogens is 230 g/mol. The van der Waals surface area contributed by atoms with Crippen LogP contribution >= 0.6 is 0 Å². The summed E-state index contributed by atoms with van der Waals surface area (Å²) in [5.74, 6) is 0.731. The molecule has 2 amide bonds. The Balaban J connectivity index is 1.60. The van der Waals surface area contributed by atoms with Crippen LogP contribution in [-0.2, 0) is 9.59 Å². The average molecular weight is 253 g/mol. The van der Waals surface area contributed by atoms with Crippen molar-refractivity contribution >= 4 is 11.8 Å². The van der Waals surface area contributed by atoms with Crippen LogP contribution in [0.2, 0.25) is 0 Å². The summed E-state index contributed by atoms with van der Waals surface area (Å²) < 4.78 is 0. The standard InChI is InChI=1S/C13H23N3O2/c1-9-6-10(8-14-7-9)13(18)15-5-4-12(17)16-11-2-3-11/h9-11,14H,2-8H2,1H3,(H,15,18)(H,16,17). The van der Waals surface area contributed by atoms with Crippen LogP contribution in [0.5, 0.6) is 0 Å². The minimum Gasteiger partial charge on any atom is -0.355 e. The van der Waals surface area contributed by atoms with Gasteiger partial charge in [0.2, 0.25) is 11.8 Å². The van der Waals surface area contributed by atoms with Crippen molar-refractivity contribution in [3.63, 3.8) is 0 Å². The first-order chi connectivity index (χ1) is 8.65. The second kappa shape index (κ2) is 6.18. The summed E-state index contributed by atoms with van der Waals surface area (Å²) in [4.78, 5) is 23.3. The fourth-order valence-corrected chi connectivity index (χ4v) is 2.33. The molecule has 1 aliphatic carbocycles. The van der Waals surface area contributed by atoms with Crippen molar-refractivity contribution in [3.8, 4) is 0 Å². The Morgan fingerprint density at radius 3 is 2.72 bits per heavy atom. The third-order valence-corrected chi connectivity index (χ3v) is 3.53. The number of piperidine rings is 1. The van der Waals surface area contributed by atoms with Crippen molar-refractivity contribution in [3.05, 3.63) is 0 Å². The van der Waals surface area contributed by atoms with Crippen molar-refractivity contribution in [2.45, 2.75) is 38.6 Å². The Morgan fingerprint density at radius 2 is 2.06 bits per heavy atom. The fourth-order valence-electron chi connectivity index (χ4n) is 2.33. The van der Waals surface area contributed by atoms with Crippen LogP contribution in [-0.4, -0.2) is 37.5 Å². The zero-order chi connectivity index (χ0) is 13.0. The molecule has 1 heterocycles. The summed E-state index contributed by atoms with van der Waals surface area (Å²) in [5.41, 5.74) is 0. The lowest BCUT2D eigenvalue weighted by atomic mass is 9.91. The van der Waals surface area contributed by atoms with Crippen LogP contribution in [0.15, 0.2) is 0 Å². The first kappa shape index (κ1) is 13.3. The Labute approximate surface area is 108 Å². The quantitative estimate of drug-likeness (QED) is 0.647. The second-order valence-corrected chi connectivity index (χ2v) is 5.58. The van der Waals surface area contributed by atoms with Crippen molar-refractivity contribution in [1.82, 2.24) is 16.0 Å². The van der Waals surface area contributed by atoms with E-state index in [0.29, 0.717) is 24.9 Å². The van der Waals surface area contributed by atoms with E-state index in [1.807, 2.05) is 0 Å². The SMILES string of the molecule is CC1CNCC(C(=O)NCCC(=O)NC2CC2)C1. The molecular formula is C13H23N3O2. The Hall–Kier alpha value is -1.10. The summed E-state index contributed by atoms with van der Waals surface area (Å²) in [6, 6.07) is 0.400. The molecule has 2 unspecified atom stereocenters. The summed E-state index contributed by atoms with van der Waals surface area (Å²) in [6.45, 7) is 4.34. The average Bonchev–Trinajstić information content (AvgIpc) is 3.12. The summed E-state index contributed by atoms with van der Waals surface area (Å²) >= 11 is 0. The molecule has 102 valence electrons. The lowest BCUT2D eigenvalue weighted by Gasteiger charge is -2.26. The first-order valence-electron chi connectivity index (χ1n) is 6.93. The molecule has 0 spiro atoms. The highest BCUT2D eigenvalue weighted by Crippen LogP contribution is 2.18. The largest absolute Gasteiger partial charge is 0.355 e. The molecule has 2 aliphatic rings. The van der Waals surface area contributed by atoms with Crippen LogP contribution in [0.25, 0.3) is 0 Å². The summed E-state index contributed by atoms with van der Waals surface area (Å²) in [5, 5.41) is 9.03. The van der Waals surface area contributed by atoms with Crippen LogP contribution in [0.3, 0.4) is 0 Å². The molecule has 3 N–H and O–H groups in total. The van der Waals surface area contributed by atoms with E-state index in [-0.39, 0.29) is 17.7 Å². The lowest BCUT2D eigenvalue weighted by Crippen LogP contribution is -2.44. The molecule has 0 aromatic carbocycles. The topological polar surface area (TPSA) is 70.2 Å². The lowest BCUT2D eigenvalue weighted by molar-refractivity contribution is -0.126. The zero-order valence-electron chi connectivity index (χ0n) is 11.0. The van der Waals surface area contributed by atoms with Gasteiger partial charge in [0.15, 0.2) is 0 Å². The van der Waals surface area contributed by atoms with Crippen molar-refractivity contribution in [2.24, 2.45) is 11.8 Å². The molecule has 0 radical (unpaired) electrons. The summed E-state index contributed by atoms with van der Waals surface area (Å²) in [6.07, 6.45) is 3.53. The van der Waals surface area contributed by atoms with Crippen LogP contribution < -0.4 is 16.0 Å². The highest BCUT2D eigenvalue weighted by Gasteiger charge is 2.25. The molecule has 1 saturated carbocycles. The predicted molar refractivity (Wildman–Crippen MR) is 68.9 cm³/mol. The van der Waals surface area contributed by atoms with Crippen molar-refractivity contribution in [2.75, 3.05) is 19.6 Å². The van der Waals surface area contributed by atoms with Gasteiger partial charge in [0.1, 0.15) is 0 Å². The minimum atomic E-state index is 0.0490. The van der Waals surface area contributed by atoms with Crippen molar-refractivity contribution < 1.29 is 9.59 Å². The van der Waals surface area contributed by atoms with Gasteiger partial charge in [0.05, 0.1) is 5.92 Å². The van der Waals surface area contributed by atoms with Gasteiger partial charge in [0, 0.05) is 25.6 Å². The van der Waals surface area contributed by atoms with Crippen LogP contribution in [0.1, 0.15) is 32.6 Å². The number of carbonyl (C=O) groups excluding carboxylic acids is 2. The van der Waals surface area contributed by atoms with Crippen molar-refractivity contribution in [1.29, 1.82) is 0 Å². The van der Waals surface area contributed by atoms with E-state index in [1.165, 1.54) is 0 Å². The van der Waals surface area contributed by atoms with Gasteiger partial charge in [-0.2, -0.15) is 0 Å². The van der Waals surface area contributed by atoms with E-state index in [1.54, 1.807) is 0 Å². The van der Waals surface area contributed by atoms with Gasteiger partial charge in [-0.05, 0) is 31.7 Å². The molecule has 2 atom stereocenters. The van der Waals surface area contributed by atoms with Gasteiger partial charge >= 0.3 is 0 Å². The smallest absolute Gasteiger partial charge is 0.224 e. The third kappa shape index (κ3) is 4.29. The van der Waals surface area contributed by atoms with Crippen LogP contribution in [0.4, 0.5) is 0 Å². The first-order valence-corrected chi connectivity index (χ1v) is 6.93. The van der Waals surface area contributed by atoms with Gasteiger partial charge in [-0.25, -0.2) is 0 Å². The predicted octanol–water partition coefficient (Wildman–Crippen LogP) is 0.0169. The van der Waals surface area contributed by atoms with Gasteiger partial charge in [-0.15, -0.1) is 0 Å². The van der Waals surface area contributed by atoms with E-state index < -0.39 is 0 Å². The van der Waals surface area contributed by atoms with E-state index in [2.05, 4.69) is 22.9 Å². The Kier molecular flexibility index (Phi) is 4.58. The monoisotopic (exact) mass is 253 g/mol.